The van der Waals surface area contributed by atoms with Gasteiger partial charge in [-0.3, -0.25) is 0 Å². The fourth-order valence-electron chi connectivity index (χ4n) is 1.95. The number of ether oxygens (including phenoxy) is 1. The van der Waals surface area contributed by atoms with Crippen LogP contribution >= 0.6 is 0 Å². The Hall–Kier alpha value is -2.29. The van der Waals surface area contributed by atoms with E-state index in [1.807, 2.05) is 73.6 Å². The van der Waals surface area contributed by atoms with E-state index in [-0.39, 0.29) is 12.1 Å². The highest BCUT2D eigenvalue weighted by molar-refractivity contribution is 5.90. The van der Waals surface area contributed by atoms with Crippen LogP contribution in [0.4, 0.5) is 5.69 Å². The predicted molar refractivity (Wildman–Crippen MR) is 120 cm³/mol. The largest absolute Gasteiger partial charge is 0.459 e. The van der Waals surface area contributed by atoms with Crippen molar-refractivity contribution >= 4 is 11.7 Å². The van der Waals surface area contributed by atoms with Gasteiger partial charge in [-0.25, -0.2) is 4.79 Å². The maximum absolute atomic E-state index is 11.9. The van der Waals surface area contributed by atoms with E-state index in [0.29, 0.717) is 5.56 Å². The van der Waals surface area contributed by atoms with Gasteiger partial charge in [0.05, 0.1) is 11.7 Å². The number of carbonyl (C=O) groups excluding carboxylic acids is 1. The van der Waals surface area contributed by atoms with Crippen LogP contribution in [0.25, 0.3) is 0 Å². The number of aryl methyl sites for hydroxylation is 1. The van der Waals surface area contributed by atoms with Crippen molar-refractivity contribution in [3.8, 4) is 0 Å². The Morgan fingerprint density at radius 1 is 0.926 bits per heavy atom. The van der Waals surface area contributed by atoms with Gasteiger partial charge in [-0.1, -0.05) is 77.4 Å². The van der Waals surface area contributed by atoms with Crippen LogP contribution < -0.4 is 5.32 Å². The summed E-state index contributed by atoms with van der Waals surface area (Å²) in [5.41, 5.74) is 3.93. The summed E-state index contributed by atoms with van der Waals surface area (Å²) in [6.07, 6.45) is -0.110. The second-order valence-electron chi connectivity index (χ2n) is 5.37. The quantitative estimate of drug-likeness (QED) is 0.561. The zero-order chi connectivity index (χ0) is 21.2. The third-order valence-corrected chi connectivity index (χ3v) is 3.06. The SMILES string of the molecule is CC.CC.CC.Cc1ccc(CNc2cccc(C(=O)OC(C)C)c2)cc1. The number of nitrogens with one attached hydrogen (secondary N) is 1. The minimum absolute atomic E-state index is 0.110. The molecule has 0 saturated carbocycles. The fraction of sp³-hybridized carbons (Fsp3) is 0.458. The second kappa shape index (κ2) is 17.1. The number of benzene rings is 2. The van der Waals surface area contributed by atoms with Crippen LogP contribution in [0.1, 0.15) is 76.9 Å². The van der Waals surface area contributed by atoms with Gasteiger partial charge in [0, 0.05) is 12.2 Å². The predicted octanol–water partition coefficient (Wildman–Crippen LogP) is 7.25. The first-order chi connectivity index (χ1) is 13.0. The molecule has 0 radical (unpaired) electrons. The molecule has 0 atom stereocenters. The minimum Gasteiger partial charge on any atom is -0.459 e. The molecule has 0 heterocycles. The maximum Gasteiger partial charge on any atom is 0.338 e. The third kappa shape index (κ3) is 11.8. The van der Waals surface area contributed by atoms with Gasteiger partial charge in [-0.05, 0) is 44.5 Å². The van der Waals surface area contributed by atoms with E-state index in [2.05, 4.69) is 36.5 Å². The first kappa shape index (κ1) is 26.9. The van der Waals surface area contributed by atoms with Crippen molar-refractivity contribution in [2.45, 2.75) is 75.0 Å². The van der Waals surface area contributed by atoms with E-state index in [1.54, 1.807) is 6.07 Å². The number of hydrogen-bond acceptors (Lipinski definition) is 3. The van der Waals surface area contributed by atoms with Gasteiger partial charge in [0.2, 0.25) is 0 Å². The van der Waals surface area contributed by atoms with Gasteiger partial charge in [0.1, 0.15) is 0 Å². The number of esters is 1. The molecule has 1 N–H and O–H groups in total. The van der Waals surface area contributed by atoms with Crippen LogP contribution in [0.15, 0.2) is 48.5 Å². The molecule has 0 spiro atoms. The molecule has 0 aliphatic rings. The van der Waals surface area contributed by atoms with E-state index in [0.717, 1.165) is 12.2 Å². The molecular weight excluding hydrogens is 334 g/mol. The minimum atomic E-state index is -0.288. The first-order valence-corrected chi connectivity index (χ1v) is 10.1. The molecule has 27 heavy (non-hydrogen) atoms. The summed E-state index contributed by atoms with van der Waals surface area (Å²) in [5, 5.41) is 3.32. The zero-order valence-corrected chi connectivity index (χ0v) is 18.7. The Morgan fingerprint density at radius 3 is 2.00 bits per heavy atom. The van der Waals surface area contributed by atoms with Gasteiger partial charge < -0.3 is 10.1 Å². The molecule has 0 amide bonds. The van der Waals surface area contributed by atoms with Gasteiger partial charge in [-0.15, -0.1) is 0 Å². The van der Waals surface area contributed by atoms with Gasteiger partial charge in [0.15, 0.2) is 0 Å². The van der Waals surface area contributed by atoms with Crippen molar-refractivity contribution < 1.29 is 9.53 Å². The molecule has 0 aromatic heterocycles. The van der Waals surface area contributed by atoms with Crippen molar-refractivity contribution in [2.75, 3.05) is 5.32 Å². The molecule has 3 nitrogen and oxygen atoms in total. The first-order valence-electron chi connectivity index (χ1n) is 10.1. The smallest absolute Gasteiger partial charge is 0.338 e. The van der Waals surface area contributed by atoms with Gasteiger partial charge in [0.25, 0.3) is 0 Å². The Morgan fingerprint density at radius 2 is 1.48 bits per heavy atom. The Bertz CT molecular complexity index is 604. The van der Waals surface area contributed by atoms with Crippen molar-refractivity contribution in [1.82, 2.24) is 0 Å². The lowest BCUT2D eigenvalue weighted by molar-refractivity contribution is 0.0378. The molecule has 0 fully saturated rings. The normalized spacial score (nSPS) is 8.81. The lowest BCUT2D eigenvalue weighted by Crippen LogP contribution is -2.11. The molecule has 152 valence electrons. The van der Waals surface area contributed by atoms with Gasteiger partial charge >= 0.3 is 5.97 Å². The topological polar surface area (TPSA) is 38.3 Å². The molecule has 3 heteroatoms. The Labute approximate surface area is 167 Å². The lowest BCUT2D eigenvalue weighted by atomic mass is 10.1. The zero-order valence-electron chi connectivity index (χ0n) is 18.7. The summed E-state index contributed by atoms with van der Waals surface area (Å²) in [5.74, 6) is -0.288. The highest BCUT2D eigenvalue weighted by atomic mass is 16.5. The molecule has 2 aromatic rings. The van der Waals surface area contributed by atoms with Crippen molar-refractivity contribution in [3.05, 3.63) is 65.2 Å². The van der Waals surface area contributed by atoms with Crippen molar-refractivity contribution in [2.24, 2.45) is 0 Å². The fourth-order valence-corrected chi connectivity index (χ4v) is 1.95. The highest BCUT2D eigenvalue weighted by Gasteiger charge is 2.09. The molecule has 0 bridgehead atoms. The monoisotopic (exact) mass is 373 g/mol. The molecule has 0 unspecified atom stereocenters. The van der Waals surface area contributed by atoms with Crippen LogP contribution in [-0.4, -0.2) is 12.1 Å². The molecule has 2 aromatic carbocycles. The summed E-state index contributed by atoms with van der Waals surface area (Å²) in [6, 6.07) is 15.8. The Balaban J connectivity index is 0. The molecule has 0 aliphatic carbocycles. The summed E-state index contributed by atoms with van der Waals surface area (Å²) < 4.78 is 5.20. The maximum atomic E-state index is 11.9. The van der Waals surface area contributed by atoms with Crippen molar-refractivity contribution in [1.29, 1.82) is 0 Å². The molecule has 2 rings (SSSR count). The highest BCUT2D eigenvalue weighted by Crippen LogP contribution is 2.14. The van der Waals surface area contributed by atoms with E-state index in [4.69, 9.17) is 4.74 Å². The summed E-state index contributed by atoms with van der Waals surface area (Å²) in [7, 11) is 0. The van der Waals surface area contributed by atoms with Crippen molar-refractivity contribution in [3.63, 3.8) is 0 Å². The van der Waals surface area contributed by atoms with Crippen LogP contribution in [0.3, 0.4) is 0 Å². The number of anilines is 1. The molecule has 0 aliphatic heterocycles. The summed E-state index contributed by atoms with van der Waals surface area (Å²) >= 11 is 0. The van der Waals surface area contributed by atoms with Gasteiger partial charge in [-0.2, -0.15) is 0 Å². The Kier molecular flexibility index (Phi) is 17.1. The van der Waals surface area contributed by atoms with Crippen LogP contribution in [-0.2, 0) is 11.3 Å². The molecule has 0 saturated heterocycles. The van der Waals surface area contributed by atoms with Crippen LogP contribution in [0.2, 0.25) is 0 Å². The number of hydrogen-bond donors (Lipinski definition) is 1. The summed E-state index contributed by atoms with van der Waals surface area (Å²) in [4.78, 5) is 11.9. The standard InChI is InChI=1S/C18H21NO2.3C2H6/c1-13(2)21-18(20)16-5-4-6-17(11-16)19-12-15-9-7-14(3)8-10-15;3*1-2/h4-11,13,19H,12H2,1-3H3;3*1-2H3. The lowest BCUT2D eigenvalue weighted by Gasteiger charge is -2.10. The average molecular weight is 374 g/mol. The van der Waals surface area contributed by atoms with Crippen LogP contribution in [0, 0.1) is 6.92 Å². The second-order valence-corrected chi connectivity index (χ2v) is 5.37. The molecular formula is C24H39NO2. The average Bonchev–Trinajstić information content (AvgIpc) is 2.72. The van der Waals surface area contributed by atoms with E-state index >= 15 is 0 Å². The van der Waals surface area contributed by atoms with E-state index < -0.39 is 0 Å². The number of rotatable bonds is 5. The van der Waals surface area contributed by atoms with E-state index in [1.165, 1.54) is 11.1 Å². The van der Waals surface area contributed by atoms with E-state index in [9.17, 15) is 4.79 Å². The van der Waals surface area contributed by atoms with Crippen LogP contribution in [0.5, 0.6) is 0 Å². The summed E-state index contributed by atoms with van der Waals surface area (Å²) in [6.45, 7) is 18.5. The number of carbonyl (C=O) groups is 1. The third-order valence-electron chi connectivity index (χ3n) is 3.06.